The highest BCUT2D eigenvalue weighted by molar-refractivity contribution is 5.75. The van der Waals surface area contributed by atoms with E-state index in [1.165, 1.54) is 30.6 Å². The second-order valence-corrected chi connectivity index (χ2v) is 5.06. The molecular weight excluding hydrogens is 212 g/mol. The van der Waals surface area contributed by atoms with Gasteiger partial charge in [-0.2, -0.15) is 0 Å². The molecule has 0 aromatic heterocycles. The van der Waals surface area contributed by atoms with Crippen molar-refractivity contribution in [2.75, 3.05) is 30.4 Å². The molecule has 0 saturated heterocycles. The molecule has 1 heterocycles. The Morgan fingerprint density at radius 1 is 1.41 bits per heavy atom. The summed E-state index contributed by atoms with van der Waals surface area (Å²) in [5, 5.41) is 3.57. The van der Waals surface area contributed by atoms with Crippen molar-refractivity contribution in [1.82, 2.24) is 0 Å². The Balaban J connectivity index is 2.00. The van der Waals surface area contributed by atoms with Crippen LogP contribution >= 0.6 is 0 Å². The van der Waals surface area contributed by atoms with Gasteiger partial charge in [0.25, 0.3) is 0 Å². The number of hydrogen-bond acceptors (Lipinski definition) is 3. The minimum Gasteiger partial charge on any atom is -0.497 e. The predicted molar refractivity (Wildman–Crippen MR) is 71.1 cm³/mol. The smallest absolute Gasteiger partial charge is 0.121 e. The number of methoxy groups -OCH3 is 1. The largest absolute Gasteiger partial charge is 0.497 e. The van der Waals surface area contributed by atoms with Crippen molar-refractivity contribution in [3.05, 3.63) is 18.2 Å². The first-order valence-corrected chi connectivity index (χ1v) is 6.49. The number of fused-ring (bicyclic) bond motifs is 1. The summed E-state index contributed by atoms with van der Waals surface area (Å²) in [4.78, 5) is 2.57. The number of benzene rings is 1. The first kappa shape index (κ1) is 10.8. The molecule has 3 heteroatoms. The van der Waals surface area contributed by atoms with Gasteiger partial charge in [0.05, 0.1) is 24.0 Å². The fourth-order valence-corrected chi connectivity index (χ4v) is 3.17. The van der Waals surface area contributed by atoms with E-state index in [-0.39, 0.29) is 0 Å². The van der Waals surface area contributed by atoms with Gasteiger partial charge < -0.3 is 15.0 Å². The van der Waals surface area contributed by atoms with Crippen molar-refractivity contribution in [1.29, 1.82) is 0 Å². The zero-order chi connectivity index (χ0) is 11.9. The molecule has 1 spiro atoms. The van der Waals surface area contributed by atoms with E-state index < -0.39 is 0 Å². The molecule has 17 heavy (non-hydrogen) atoms. The number of hydrogen-bond donors (Lipinski definition) is 1. The molecule has 1 fully saturated rings. The summed E-state index contributed by atoms with van der Waals surface area (Å²) in [7, 11) is 1.72. The van der Waals surface area contributed by atoms with Gasteiger partial charge in [-0.3, -0.25) is 0 Å². The zero-order valence-electron chi connectivity index (χ0n) is 10.6. The monoisotopic (exact) mass is 232 g/mol. The first-order chi connectivity index (χ1) is 8.29. The molecule has 1 aromatic rings. The highest BCUT2D eigenvalue weighted by atomic mass is 16.5. The van der Waals surface area contributed by atoms with Gasteiger partial charge in [-0.15, -0.1) is 0 Å². The van der Waals surface area contributed by atoms with Crippen molar-refractivity contribution in [3.8, 4) is 5.75 Å². The normalized spacial score (nSPS) is 20.5. The average molecular weight is 232 g/mol. The van der Waals surface area contributed by atoms with E-state index in [0.717, 1.165) is 18.8 Å². The Labute approximate surface area is 103 Å². The van der Waals surface area contributed by atoms with Gasteiger partial charge in [-0.25, -0.2) is 0 Å². The highest BCUT2D eigenvalue weighted by Crippen LogP contribution is 2.46. The number of anilines is 2. The van der Waals surface area contributed by atoms with E-state index in [4.69, 9.17) is 4.74 Å². The molecular formula is C14H20N2O. The third-order valence-corrected chi connectivity index (χ3v) is 4.28. The summed E-state index contributed by atoms with van der Waals surface area (Å²) in [6, 6.07) is 6.34. The molecule has 1 aromatic carbocycles. The number of rotatable bonds is 2. The van der Waals surface area contributed by atoms with E-state index in [0.29, 0.717) is 5.54 Å². The molecule has 0 bridgehead atoms. The summed E-state index contributed by atoms with van der Waals surface area (Å²) in [6.07, 6.45) is 4.00. The van der Waals surface area contributed by atoms with Crippen LogP contribution in [0.4, 0.5) is 11.4 Å². The summed E-state index contributed by atoms with van der Waals surface area (Å²) in [6.45, 7) is 4.40. The number of likely N-dealkylation sites (N-methyl/N-ethyl adjacent to an activating group) is 1. The van der Waals surface area contributed by atoms with E-state index >= 15 is 0 Å². The number of ether oxygens (including phenoxy) is 1. The van der Waals surface area contributed by atoms with Crippen LogP contribution in [0.15, 0.2) is 18.2 Å². The van der Waals surface area contributed by atoms with Crippen LogP contribution in [0.2, 0.25) is 0 Å². The molecule has 92 valence electrons. The third kappa shape index (κ3) is 1.48. The molecule has 1 aliphatic carbocycles. The second kappa shape index (κ2) is 3.83. The lowest BCUT2D eigenvalue weighted by atomic mass is 9.73. The van der Waals surface area contributed by atoms with Crippen molar-refractivity contribution in [2.24, 2.45) is 0 Å². The van der Waals surface area contributed by atoms with Crippen LogP contribution in [-0.2, 0) is 0 Å². The molecule has 0 atom stereocenters. The minimum atomic E-state index is 0.385. The summed E-state index contributed by atoms with van der Waals surface area (Å²) in [5.74, 6) is 0.928. The molecule has 0 amide bonds. The summed E-state index contributed by atoms with van der Waals surface area (Å²) < 4.78 is 5.28. The molecule has 0 radical (unpaired) electrons. The Morgan fingerprint density at radius 3 is 2.82 bits per heavy atom. The Hall–Kier alpha value is -1.38. The minimum absolute atomic E-state index is 0.385. The Morgan fingerprint density at radius 2 is 2.24 bits per heavy atom. The summed E-state index contributed by atoms with van der Waals surface area (Å²) in [5.41, 5.74) is 2.93. The Kier molecular flexibility index (Phi) is 2.42. The SMILES string of the molecule is CCN1c2ccc(OC)cc2NCC12CCC2. The maximum absolute atomic E-state index is 5.28. The van der Waals surface area contributed by atoms with Gasteiger partial charge in [0.2, 0.25) is 0 Å². The maximum Gasteiger partial charge on any atom is 0.121 e. The van der Waals surface area contributed by atoms with Gasteiger partial charge in [0, 0.05) is 19.2 Å². The van der Waals surface area contributed by atoms with Crippen LogP contribution in [0.25, 0.3) is 0 Å². The third-order valence-electron chi connectivity index (χ3n) is 4.28. The lowest BCUT2D eigenvalue weighted by Crippen LogP contribution is -2.60. The van der Waals surface area contributed by atoms with Gasteiger partial charge in [-0.05, 0) is 38.3 Å². The van der Waals surface area contributed by atoms with Crippen LogP contribution in [0.3, 0.4) is 0 Å². The van der Waals surface area contributed by atoms with Crippen LogP contribution in [0.1, 0.15) is 26.2 Å². The molecule has 1 saturated carbocycles. The fourth-order valence-electron chi connectivity index (χ4n) is 3.17. The topological polar surface area (TPSA) is 24.5 Å². The molecule has 1 aliphatic heterocycles. The standard InChI is InChI=1S/C14H20N2O/c1-3-16-13-6-5-11(17-2)9-12(13)15-10-14(16)7-4-8-14/h5-6,9,15H,3-4,7-8,10H2,1-2H3. The molecule has 2 aliphatic rings. The lowest BCUT2D eigenvalue weighted by Gasteiger charge is -2.54. The predicted octanol–water partition coefficient (Wildman–Crippen LogP) is 2.87. The van der Waals surface area contributed by atoms with Crippen molar-refractivity contribution in [2.45, 2.75) is 31.7 Å². The van der Waals surface area contributed by atoms with E-state index in [1.54, 1.807) is 7.11 Å². The van der Waals surface area contributed by atoms with E-state index in [1.807, 2.05) is 0 Å². The van der Waals surface area contributed by atoms with Crippen LogP contribution < -0.4 is 15.0 Å². The van der Waals surface area contributed by atoms with Crippen LogP contribution in [-0.4, -0.2) is 25.7 Å². The van der Waals surface area contributed by atoms with Crippen LogP contribution in [0.5, 0.6) is 5.75 Å². The van der Waals surface area contributed by atoms with E-state index in [2.05, 4.69) is 35.3 Å². The number of nitrogens with zero attached hydrogens (tertiary/aromatic N) is 1. The van der Waals surface area contributed by atoms with Gasteiger partial charge in [-0.1, -0.05) is 0 Å². The van der Waals surface area contributed by atoms with Crippen molar-refractivity contribution in [3.63, 3.8) is 0 Å². The molecule has 1 N–H and O–H groups in total. The van der Waals surface area contributed by atoms with Gasteiger partial charge in [0.15, 0.2) is 0 Å². The molecule has 0 unspecified atom stereocenters. The van der Waals surface area contributed by atoms with Gasteiger partial charge in [0.1, 0.15) is 5.75 Å². The van der Waals surface area contributed by atoms with Crippen molar-refractivity contribution >= 4 is 11.4 Å². The lowest BCUT2D eigenvalue weighted by molar-refractivity contribution is 0.240. The summed E-state index contributed by atoms with van der Waals surface area (Å²) >= 11 is 0. The fraction of sp³-hybridized carbons (Fsp3) is 0.571. The first-order valence-electron chi connectivity index (χ1n) is 6.49. The van der Waals surface area contributed by atoms with Crippen molar-refractivity contribution < 1.29 is 4.74 Å². The maximum atomic E-state index is 5.28. The average Bonchev–Trinajstić information content (AvgIpc) is 2.34. The second-order valence-electron chi connectivity index (χ2n) is 5.06. The van der Waals surface area contributed by atoms with Gasteiger partial charge >= 0.3 is 0 Å². The number of nitrogens with one attached hydrogen (secondary N) is 1. The Bertz CT molecular complexity index is 426. The molecule has 3 rings (SSSR count). The van der Waals surface area contributed by atoms with E-state index in [9.17, 15) is 0 Å². The highest BCUT2D eigenvalue weighted by Gasteiger charge is 2.44. The zero-order valence-corrected chi connectivity index (χ0v) is 10.6. The molecule has 3 nitrogen and oxygen atoms in total. The van der Waals surface area contributed by atoms with Crippen LogP contribution in [0, 0.1) is 0 Å². The quantitative estimate of drug-likeness (QED) is 0.848.